The predicted octanol–water partition coefficient (Wildman–Crippen LogP) is 2.86. The molecule has 1 aromatic heterocycles. The number of aryl methyl sites for hydroxylation is 1. The van der Waals surface area contributed by atoms with Gasteiger partial charge in [0.25, 0.3) is 5.91 Å². The lowest BCUT2D eigenvalue weighted by Crippen LogP contribution is -2.45. The topological polar surface area (TPSA) is 90.0 Å². The van der Waals surface area contributed by atoms with Crippen molar-refractivity contribution in [1.82, 2.24) is 15.1 Å². The molecular formula is C19H28N4O2. The van der Waals surface area contributed by atoms with Crippen molar-refractivity contribution < 1.29 is 9.59 Å². The number of benzene rings is 1. The summed E-state index contributed by atoms with van der Waals surface area (Å²) in [6, 6.07) is 6.99. The van der Waals surface area contributed by atoms with Gasteiger partial charge in [-0.15, -0.1) is 0 Å². The number of unbranched alkanes of at least 4 members (excludes halogenated alkanes) is 2. The normalized spacial score (nSPS) is 12.5. The first kappa shape index (κ1) is 19.0. The molecule has 0 aliphatic carbocycles. The summed E-state index contributed by atoms with van der Waals surface area (Å²) in [5, 5.41) is 8.05. The van der Waals surface area contributed by atoms with Crippen molar-refractivity contribution in [2.24, 2.45) is 11.7 Å². The van der Waals surface area contributed by atoms with E-state index in [2.05, 4.69) is 17.3 Å². The molecule has 136 valence electrons. The fraction of sp³-hybridized carbons (Fsp3) is 0.526. The number of fused-ring (bicyclic) bond motifs is 1. The van der Waals surface area contributed by atoms with E-state index in [1.807, 2.05) is 42.8 Å². The van der Waals surface area contributed by atoms with Gasteiger partial charge >= 0.3 is 0 Å². The highest BCUT2D eigenvalue weighted by atomic mass is 16.2. The molecule has 1 aromatic carbocycles. The molecular weight excluding hydrogens is 316 g/mol. The molecule has 25 heavy (non-hydrogen) atoms. The minimum atomic E-state index is -0.684. The maximum absolute atomic E-state index is 12.7. The minimum absolute atomic E-state index is 0.251. The van der Waals surface area contributed by atoms with Crippen molar-refractivity contribution in [3.8, 4) is 0 Å². The molecule has 0 spiro atoms. The first-order chi connectivity index (χ1) is 11.9. The van der Waals surface area contributed by atoms with E-state index in [0.717, 1.165) is 36.7 Å². The highest BCUT2D eigenvalue weighted by Crippen LogP contribution is 2.19. The largest absolute Gasteiger partial charge is 0.368 e. The van der Waals surface area contributed by atoms with Crippen LogP contribution >= 0.6 is 0 Å². The van der Waals surface area contributed by atoms with Crippen molar-refractivity contribution in [2.75, 3.05) is 0 Å². The van der Waals surface area contributed by atoms with Gasteiger partial charge in [0.1, 0.15) is 6.04 Å². The zero-order chi connectivity index (χ0) is 18.4. The molecule has 0 fully saturated rings. The maximum atomic E-state index is 12.7. The lowest BCUT2D eigenvalue weighted by Gasteiger charge is -2.16. The number of aromatic nitrogens is 2. The highest BCUT2D eigenvalue weighted by molar-refractivity contribution is 6.06. The van der Waals surface area contributed by atoms with Crippen LogP contribution in [0.25, 0.3) is 10.9 Å². The number of para-hydroxylation sites is 1. The number of rotatable bonds is 9. The molecule has 2 rings (SSSR count). The van der Waals surface area contributed by atoms with Crippen molar-refractivity contribution in [1.29, 1.82) is 0 Å². The zero-order valence-electron chi connectivity index (χ0n) is 15.3. The van der Waals surface area contributed by atoms with Crippen molar-refractivity contribution in [3.63, 3.8) is 0 Å². The molecule has 0 bridgehead atoms. The van der Waals surface area contributed by atoms with Gasteiger partial charge in [0.15, 0.2) is 5.69 Å². The molecule has 0 aliphatic rings. The van der Waals surface area contributed by atoms with Gasteiger partial charge in [-0.05, 0) is 24.8 Å². The Bertz CT molecular complexity index is 736. The number of nitrogens with one attached hydrogen (secondary N) is 1. The lowest BCUT2D eigenvalue weighted by atomic mass is 10.0. The standard InChI is InChI=1S/C19H28N4O2/c1-4-5-8-11-23-16-10-7-6-9-14(16)17(22-23)19(25)21-15(18(20)24)12-13(2)3/h6-7,9-10,13,15H,4-5,8,11-12H2,1-3H3,(H2,20,24)(H,21,25). The van der Waals surface area contributed by atoms with E-state index in [1.165, 1.54) is 0 Å². The Labute approximate surface area is 148 Å². The second-order valence-corrected chi connectivity index (χ2v) is 6.85. The Morgan fingerprint density at radius 2 is 1.96 bits per heavy atom. The monoisotopic (exact) mass is 344 g/mol. The molecule has 2 amide bonds. The SMILES string of the molecule is CCCCCn1nc(C(=O)NC(CC(C)C)C(N)=O)c2ccccc21. The van der Waals surface area contributed by atoms with Crippen molar-refractivity contribution in [3.05, 3.63) is 30.0 Å². The van der Waals surface area contributed by atoms with Gasteiger partial charge in [-0.1, -0.05) is 51.8 Å². The van der Waals surface area contributed by atoms with E-state index >= 15 is 0 Å². The van der Waals surface area contributed by atoms with E-state index in [0.29, 0.717) is 12.1 Å². The molecule has 0 saturated carbocycles. The molecule has 0 saturated heterocycles. The number of hydrogen-bond acceptors (Lipinski definition) is 3. The maximum Gasteiger partial charge on any atom is 0.273 e. The quantitative estimate of drug-likeness (QED) is 0.685. The van der Waals surface area contributed by atoms with Crippen molar-refractivity contribution >= 4 is 22.7 Å². The number of carbonyl (C=O) groups is 2. The molecule has 0 radical (unpaired) electrons. The van der Waals surface area contributed by atoms with Crippen LogP contribution in [0.3, 0.4) is 0 Å². The molecule has 3 N–H and O–H groups in total. The summed E-state index contributed by atoms with van der Waals surface area (Å²) >= 11 is 0. The van der Waals surface area contributed by atoms with Crippen LogP contribution in [0, 0.1) is 5.92 Å². The molecule has 2 aromatic rings. The Kier molecular flexibility index (Phi) is 6.56. The van der Waals surface area contributed by atoms with Gasteiger partial charge in [-0.3, -0.25) is 14.3 Å². The number of carbonyl (C=O) groups excluding carboxylic acids is 2. The van der Waals surface area contributed by atoms with Crippen LogP contribution in [-0.4, -0.2) is 27.6 Å². The molecule has 1 unspecified atom stereocenters. The fourth-order valence-corrected chi connectivity index (χ4v) is 2.92. The number of nitrogens with two attached hydrogens (primary N) is 1. The lowest BCUT2D eigenvalue weighted by molar-refractivity contribution is -0.120. The third kappa shape index (κ3) is 4.81. The second kappa shape index (κ2) is 8.65. The minimum Gasteiger partial charge on any atom is -0.368 e. The summed E-state index contributed by atoms with van der Waals surface area (Å²) in [5.74, 6) is -0.621. The van der Waals surface area contributed by atoms with Crippen LogP contribution in [0.1, 0.15) is 56.9 Å². The van der Waals surface area contributed by atoms with Crippen LogP contribution in [0.4, 0.5) is 0 Å². The van der Waals surface area contributed by atoms with Gasteiger partial charge in [0, 0.05) is 11.9 Å². The first-order valence-corrected chi connectivity index (χ1v) is 8.99. The zero-order valence-corrected chi connectivity index (χ0v) is 15.3. The van der Waals surface area contributed by atoms with E-state index in [1.54, 1.807) is 0 Å². The Balaban J connectivity index is 2.26. The second-order valence-electron chi connectivity index (χ2n) is 6.85. The van der Waals surface area contributed by atoms with Crippen LogP contribution in [0.15, 0.2) is 24.3 Å². The number of primary amides is 1. The number of nitrogens with zero attached hydrogens (tertiary/aromatic N) is 2. The summed E-state index contributed by atoms with van der Waals surface area (Å²) in [7, 11) is 0. The Hall–Kier alpha value is -2.37. The van der Waals surface area contributed by atoms with Crippen LogP contribution in [0.2, 0.25) is 0 Å². The van der Waals surface area contributed by atoms with E-state index < -0.39 is 11.9 Å². The summed E-state index contributed by atoms with van der Waals surface area (Å²) < 4.78 is 1.88. The first-order valence-electron chi connectivity index (χ1n) is 8.99. The summed E-state index contributed by atoms with van der Waals surface area (Å²) in [6.45, 7) is 6.89. The molecule has 0 aliphatic heterocycles. The van der Waals surface area contributed by atoms with Crippen LogP contribution in [-0.2, 0) is 11.3 Å². The number of hydrogen-bond donors (Lipinski definition) is 2. The smallest absolute Gasteiger partial charge is 0.273 e. The summed E-state index contributed by atoms with van der Waals surface area (Å²) in [6.07, 6.45) is 3.77. The van der Waals surface area contributed by atoms with Gasteiger partial charge in [-0.25, -0.2) is 0 Å². The number of amides is 2. The average molecular weight is 344 g/mol. The third-order valence-corrected chi connectivity index (χ3v) is 4.20. The van der Waals surface area contributed by atoms with E-state index in [4.69, 9.17) is 5.73 Å². The molecule has 6 heteroatoms. The van der Waals surface area contributed by atoms with Crippen LogP contribution < -0.4 is 11.1 Å². The highest BCUT2D eigenvalue weighted by Gasteiger charge is 2.23. The molecule has 1 atom stereocenters. The Morgan fingerprint density at radius 3 is 2.60 bits per heavy atom. The van der Waals surface area contributed by atoms with Crippen molar-refractivity contribution in [2.45, 2.75) is 59.0 Å². The van der Waals surface area contributed by atoms with Gasteiger partial charge < -0.3 is 11.1 Å². The van der Waals surface area contributed by atoms with Gasteiger partial charge in [-0.2, -0.15) is 5.10 Å². The molecule has 6 nitrogen and oxygen atoms in total. The Morgan fingerprint density at radius 1 is 1.24 bits per heavy atom. The average Bonchev–Trinajstić information content (AvgIpc) is 2.93. The van der Waals surface area contributed by atoms with Gasteiger partial charge in [0.2, 0.25) is 5.91 Å². The van der Waals surface area contributed by atoms with E-state index in [-0.39, 0.29) is 11.8 Å². The predicted molar refractivity (Wildman–Crippen MR) is 99.2 cm³/mol. The fourth-order valence-electron chi connectivity index (χ4n) is 2.92. The van der Waals surface area contributed by atoms with E-state index in [9.17, 15) is 9.59 Å². The third-order valence-electron chi connectivity index (χ3n) is 4.20. The summed E-state index contributed by atoms with van der Waals surface area (Å²) in [4.78, 5) is 24.3. The van der Waals surface area contributed by atoms with Gasteiger partial charge in [0.05, 0.1) is 5.52 Å². The van der Waals surface area contributed by atoms with Crippen LogP contribution in [0.5, 0.6) is 0 Å². The summed E-state index contributed by atoms with van der Waals surface area (Å²) in [5.41, 5.74) is 6.71. The molecule has 1 heterocycles.